The number of aromatic nitrogens is 4. The molecule has 132 valence electrons. The Morgan fingerprint density at radius 2 is 1.61 bits per heavy atom. The molecule has 2 aromatic rings. The fourth-order valence-corrected chi connectivity index (χ4v) is 1.83. The van der Waals surface area contributed by atoms with Gasteiger partial charge in [-0.05, 0) is 25.0 Å². The molecule has 0 radical (unpaired) electrons. The Hall–Kier alpha value is -1.79. The van der Waals surface area contributed by atoms with E-state index in [1.54, 1.807) is 23.1 Å². The van der Waals surface area contributed by atoms with Crippen molar-refractivity contribution in [2.75, 3.05) is 6.67 Å². The highest BCUT2D eigenvalue weighted by molar-refractivity contribution is 5.05. The molecular formula is C16H27F3N4. The molecule has 0 bridgehead atoms. The molecule has 0 aliphatic rings. The Labute approximate surface area is 136 Å². The first-order valence-electron chi connectivity index (χ1n) is 7.80. The van der Waals surface area contributed by atoms with Crippen LogP contribution in [0, 0.1) is 6.92 Å². The molecule has 0 spiro atoms. The maximum absolute atomic E-state index is 12.0. The first-order valence-corrected chi connectivity index (χ1v) is 7.80. The first-order chi connectivity index (χ1) is 11.0. The summed E-state index contributed by atoms with van der Waals surface area (Å²) in [6.07, 6.45) is 0.894. The van der Waals surface area contributed by atoms with Crippen molar-refractivity contribution < 1.29 is 13.2 Å². The summed E-state index contributed by atoms with van der Waals surface area (Å²) in [5, 5.41) is 7.70. The molecule has 4 nitrogen and oxygen atoms in total. The zero-order valence-corrected chi connectivity index (χ0v) is 14.5. The van der Waals surface area contributed by atoms with Crippen molar-refractivity contribution in [2.24, 2.45) is 0 Å². The highest BCUT2D eigenvalue weighted by Crippen LogP contribution is 2.14. The van der Waals surface area contributed by atoms with Gasteiger partial charge in [0.1, 0.15) is 13.2 Å². The second-order valence-electron chi connectivity index (χ2n) is 4.87. The number of nitrogens with zero attached hydrogens (tertiary/aromatic N) is 4. The molecule has 2 rings (SSSR count). The van der Waals surface area contributed by atoms with Crippen molar-refractivity contribution in [3.63, 3.8) is 0 Å². The van der Waals surface area contributed by atoms with Gasteiger partial charge in [-0.25, -0.2) is 13.2 Å². The van der Waals surface area contributed by atoms with Crippen molar-refractivity contribution in [2.45, 2.75) is 60.1 Å². The van der Waals surface area contributed by atoms with Gasteiger partial charge in [0.25, 0.3) is 6.43 Å². The molecule has 0 aliphatic heterocycles. The number of halogens is 3. The minimum atomic E-state index is -2.33. The summed E-state index contributed by atoms with van der Waals surface area (Å²) in [5.41, 5.74) is 1.86. The van der Waals surface area contributed by atoms with E-state index in [0.717, 1.165) is 11.4 Å². The monoisotopic (exact) mass is 332 g/mol. The lowest BCUT2D eigenvalue weighted by Crippen LogP contribution is -2.11. The summed E-state index contributed by atoms with van der Waals surface area (Å²) in [7, 11) is 0. The van der Waals surface area contributed by atoms with Gasteiger partial charge in [-0.2, -0.15) is 10.2 Å². The zero-order valence-electron chi connectivity index (χ0n) is 14.5. The number of alkyl halides is 3. The molecule has 0 N–H and O–H groups in total. The minimum absolute atomic E-state index is 0.242. The van der Waals surface area contributed by atoms with Crippen LogP contribution in [0.4, 0.5) is 13.2 Å². The molecule has 0 aromatic carbocycles. The molecular weight excluding hydrogens is 305 g/mol. The van der Waals surface area contributed by atoms with Crippen LogP contribution in [0.1, 0.15) is 45.0 Å². The molecule has 2 aromatic heterocycles. The van der Waals surface area contributed by atoms with Crippen LogP contribution in [0.25, 0.3) is 0 Å². The summed E-state index contributed by atoms with van der Waals surface area (Å²) in [5.74, 6) is 0.242. The average molecular weight is 332 g/mol. The van der Waals surface area contributed by atoms with Gasteiger partial charge in [0.2, 0.25) is 0 Å². The largest absolute Gasteiger partial charge is 0.267 e. The van der Waals surface area contributed by atoms with E-state index in [2.05, 4.69) is 10.2 Å². The predicted molar refractivity (Wildman–Crippen MR) is 86.6 cm³/mol. The molecule has 0 aliphatic carbocycles. The van der Waals surface area contributed by atoms with Crippen molar-refractivity contribution >= 4 is 0 Å². The Balaban J connectivity index is 0.000000392. The summed E-state index contributed by atoms with van der Waals surface area (Å²) < 4.78 is 38.6. The highest BCUT2D eigenvalue weighted by Gasteiger charge is 2.10. The summed E-state index contributed by atoms with van der Waals surface area (Å²) in [6, 6.07) is 3.63. The fourth-order valence-electron chi connectivity index (χ4n) is 1.83. The Morgan fingerprint density at radius 3 is 2.04 bits per heavy atom. The Morgan fingerprint density at radius 1 is 1.04 bits per heavy atom. The van der Waals surface area contributed by atoms with E-state index < -0.39 is 6.43 Å². The topological polar surface area (TPSA) is 35.6 Å². The Kier molecular flexibility index (Phi) is 10.8. The van der Waals surface area contributed by atoms with Crippen molar-refractivity contribution in [3.8, 4) is 0 Å². The molecule has 0 saturated carbocycles. The van der Waals surface area contributed by atoms with E-state index in [1.165, 1.54) is 4.68 Å². The van der Waals surface area contributed by atoms with Crippen molar-refractivity contribution in [1.29, 1.82) is 0 Å². The molecule has 0 amide bonds. The van der Waals surface area contributed by atoms with Gasteiger partial charge in [0.05, 0.1) is 6.54 Å². The normalized spacial score (nSPS) is 10.2. The summed E-state index contributed by atoms with van der Waals surface area (Å²) >= 11 is 0. The van der Waals surface area contributed by atoms with Crippen LogP contribution in [0.2, 0.25) is 0 Å². The minimum Gasteiger partial charge on any atom is -0.267 e. The molecule has 23 heavy (non-hydrogen) atoms. The van der Waals surface area contributed by atoms with E-state index in [9.17, 15) is 13.2 Å². The summed E-state index contributed by atoms with van der Waals surface area (Å²) in [6.45, 7) is 9.54. The van der Waals surface area contributed by atoms with Crippen molar-refractivity contribution in [1.82, 2.24) is 19.6 Å². The third kappa shape index (κ3) is 7.85. The van der Waals surface area contributed by atoms with Crippen LogP contribution in [0.15, 0.2) is 24.5 Å². The second-order valence-corrected chi connectivity index (χ2v) is 4.87. The lowest BCUT2D eigenvalue weighted by Gasteiger charge is -2.08. The maximum Gasteiger partial charge on any atom is 0.257 e. The van der Waals surface area contributed by atoms with Gasteiger partial charge >= 0.3 is 0 Å². The standard InChI is InChI=1S/C8H12F2N2.C6H9FN2.C2H6/c1-6(2)7-3-4-11-12(7)5-8(9)10;1-6-2-4-8-9(6)5-3-7;1-2/h3-4,6,8H,5H2,1-2H3;2,4H,3,5H2,1H3;1-2H3. The molecule has 0 saturated heterocycles. The third-order valence-electron chi connectivity index (χ3n) is 2.88. The van der Waals surface area contributed by atoms with Crippen LogP contribution >= 0.6 is 0 Å². The highest BCUT2D eigenvalue weighted by atomic mass is 19.3. The zero-order chi connectivity index (χ0) is 17.8. The van der Waals surface area contributed by atoms with Gasteiger partial charge in [-0.3, -0.25) is 9.36 Å². The van der Waals surface area contributed by atoms with Crippen LogP contribution in [0.3, 0.4) is 0 Å². The van der Waals surface area contributed by atoms with Gasteiger partial charge in [0, 0.05) is 23.8 Å². The van der Waals surface area contributed by atoms with Gasteiger partial charge in [-0.1, -0.05) is 27.7 Å². The summed E-state index contributed by atoms with van der Waals surface area (Å²) in [4.78, 5) is 0. The SMILES string of the molecule is CC.CC(C)c1ccnn1CC(F)F.Cc1ccnn1CCF. The van der Waals surface area contributed by atoms with E-state index >= 15 is 0 Å². The average Bonchev–Trinajstić information content (AvgIpc) is 3.11. The number of aryl methyl sites for hydroxylation is 2. The molecule has 0 atom stereocenters. The number of rotatable bonds is 5. The van der Waals surface area contributed by atoms with Crippen LogP contribution in [-0.2, 0) is 13.1 Å². The second kappa shape index (κ2) is 11.7. The van der Waals surface area contributed by atoms with Crippen LogP contribution < -0.4 is 0 Å². The lowest BCUT2D eigenvalue weighted by molar-refractivity contribution is 0.120. The quantitative estimate of drug-likeness (QED) is 0.810. The third-order valence-corrected chi connectivity index (χ3v) is 2.88. The molecule has 7 heteroatoms. The predicted octanol–water partition coefficient (Wildman–Crippen LogP) is 4.46. The van der Waals surface area contributed by atoms with E-state index in [4.69, 9.17) is 0 Å². The lowest BCUT2D eigenvalue weighted by atomic mass is 10.1. The number of hydrogen-bond acceptors (Lipinski definition) is 2. The van der Waals surface area contributed by atoms with Crippen molar-refractivity contribution in [3.05, 3.63) is 35.9 Å². The molecule has 0 fully saturated rings. The fraction of sp³-hybridized carbons (Fsp3) is 0.625. The number of hydrogen-bond donors (Lipinski definition) is 0. The maximum atomic E-state index is 12.0. The van der Waals surface area contributed by atoms with Gasteiger partial charge in [-0.15, -0.1) is 0 Å². The van der Waals surface area contributed by atoms with Crippen LogP contribution in [0.5, 0.6) is 0 Å². The molecule has 0 unspecified atom stereocenters. The van der Waals surface area contributed by atoms with Crippen LogP contribution in [-0.4, -0.2) is 32.7 Å². The Bertz CT molecular complexity index is 521. The smallest absolute Gasteiger partial charge is 0.257 e. The molecule has 2 heterocycles. The first kappa shape index (κ1) is 21.2. The van der Waals surface area contributed by atoms with E-state index in [0.29, 0.717) is 6.54 Å². The van der Waals surface area contributed by atoms with Gasteiger partial charge < -0.3 is 0 Å². The van der Waals surface area contributed by atoms with E-state index in [-0.39, 0.29) is 19.1 Å². The van der Waals surface area contributed by atoms with E-state index in [1.807, 2.05) is 40.7 Å². The van der Waals surface area contributed by atoms with Gasteiger partial charge in [0.15, 0.2) is 0 Å².